The van der Waals surface area contributed by atoms with E-state index in [0.29, 0.717) is 11.1 Å². The van der Waals surface area contributed by atoms with Gasteiger partial charge in [0.05, 0.1) is 11.5 Å². The van der Waals surface area contributed by atoms with Gasteiger partial charge in [-0.25, -0.2) is 0 Å². The lowest BCUT2D eigenvalue weighted by Gasteiger charge is -2.17. The highest BCUT2D eigenvalue weighted by Gasteiger charge is 2.25. The first kappa shape index (κ1) is 25.1. The number of rotatable bonds is 8. The van der Waals surface area contributed by atoms with E-state index in [4.69, 9.17) is 4.42 Å². The van der Waals surface area contributed by atoms with Crippen molar-refractivity contribution in [1.82, 2.24) is 0 Å². The summed E-state index contributed by atoms with van der Waals surface area (Å²) in [5.74, 6) is -0.773. The Morgan fingerprint density at radius 2 is 1.76 bits per heavy atom. The van der Waals surface area contributed by atoms with E-state index in [1.54, 1.807) is 6.92 Å². The summed E-state index contributed by atoms with van der Waals surface area (Å²) < 4.78 is 5.98. The predicted octanol–water partition coefficient (Wildman–Crippen LogP) is 5.78. The molecule has 0 spiro atoms. The van der Waals surface area contributed by atoms with Crippen LogP contribution in [0.3, 0.4) is 0 Å². The fraction of sp³-hybridized carbons (Fsp3) is 0.321. The second-order valence-electron chi connectivity index (χ2n) is 9.11. The molecule has 0 aliphatic rings. The molecule has 4 N–H and O–H groups in total. The molecule has 6 heteroatoms. The van der Waals surface area contributed by atoms with E-state index in [9.17, 15) is 25.2 Å². The first-order valence-corrected chi connectivity index (χ1v) is 11.3. The van der Waals surface area contributed by atoms with Crippen LogP contribution in [0.4, 0.5) is 0 Å². The number of allylic oxidation sites excluding steroid dienone is 4. The lowest BCUT2D eigenvalue weighted by molar-refractivity contribution is 0.209. The Hall–Kier alpha value is -3.51. The third kappa shape index (κ3) is 5.18. The van der Waals surface area contributed by atoms with Crippen molar-refractivity contribution >= 4 is 21.9 Å². The molecule has 0 saturated heterocycles. The number of hydrogen-bond donors (Lipinski definition) is 4. The largest absolute Gasteiger partial charge is 0.508 e. The Labute approximate surface area is 198 Å². The molecule has 0 fully saturated rings. The normalized spacial score (nSPS) is 12.8. The van der Waals surface area contributed by atoms with Gasteiger partial charge in [0.1, 0.15) is 33.8 Å². The number of aliphatic hydroxyl groups excluding tert-OH is 1. The zero-order valence-corrected chi connectivity index (χ0v) is 20.1. The molecular formula is C28H32O6. The van der Waals surface area contributed by atoms with Crippen molar-refractivity contribution in [2.75, 3.05) is 0 Å². The standard InChI is InChI=1S/C28H32O6/c1-15(2)7-6-8-17(5)9-11-19-25(31)21(14-22(30)16(3)4)27(33)24-26(32)20-13-18(29)10-12-23(20)34-28(19)24/h7,9-10,12-13,22,29-31,33H,3,6,8,11,14H2,1-2,4-5H3/b17-9+. The van der Waals surface area contributed by atoms with Crippen molar-refractivity contribution in [2.45, 2.75) is 59.5 Å². The molecule has 3 aromatic rings. The molecule has 0 amide bonds. The third-order valence-electron chi connectivity index (χ3n) is 5.95. The summed E-state index contributed by atoms with van der Waals surface area (Å²) in [4.78, 5) is 13.3. The first-order chi connectivity index (χ1) is 16.0. The highest BCUT2D eigenvalue weighted by Crippen LogP contribution is 2.41. The number of aromatic hydroxyl groups is 3. The van der Waals surface area contributed by atoms with Crippen molar-refractivity contribution in [1.29, 1.82) is 0 Å². The van der Waals surface area contributed by atoms with Crippen LogP contribution in [0, 0.1) is 0 Å². The molecule has 6 nitrogen and oxygen atoms in total. The van der Waals surface area contributed by atoms with Crippen molar-refractivity contribution in [3.05, 3.63) is 75.0 Å². The monoisotopic (exact) mass is 464 g/mol. The topological polar surface area (TPSA) is 111 Å². The third-order valence-corrected chi connectivity index (χ3v) is 5.95. The molecular weight excluding hydrogens is 432 g/mol. The van der Waals surface area contributed by atoms with Crippen LogP contribution in [-0.2, 0) is 12.8 Å². The Kier molecular flexibility index (Phi) is 7.52. The van der Waals surface area contributed by atoms with E-state index in [0.717, 1.165) is 18.4 Å². The van der Waals surface area contributed by atoms with Gasteiger partial charge in [0.2, 0.25) is 5.43 Å². The predicted molar refractivity (Wildman–Crippen MR) is 136 cm³/mol. The zero-order valence-electron chi connectivity index (χ0n) is 20.1. The second kappa shape index (κ2) is 10.2. The second-order valence-corrected chi connectivity index (χ2v) is 9.11. The smallest absolute Gasteiger partial charge is 0.204 e. The summed E-state index contributed by atoms with van der Waals surface area (Å²) in [6, 6.07) is 4.16. The van der Waals surface area contributed by atoms with Gasteiger partial charge in [-0.05, 0) is 65.2 Å². The van der Waals surface area contributed by atoms with Crippen LogP contribution < -0.4 is 5.43 Å². The first-order valence-electron chi connectivity index (χ1n) is 11.3. The molecule has 3 rings (SSSR count). The van der Waals surface area contributed by atoms with Crippen molar-refractivity contribution in [3.63, 3.8) is 0 Å². The molecule has 1 unspecified atom stereocenters. The average molecular weight is 465 g/mol. The van der Waals surface area contributed by atoms with Crippen LogP contribution in [0.1, 0.15) is 51.7 Å². The number of phenols is 3. The average Bonchev–Trinajstić information content (AvgIpc) is 2.76. The zero-order chi connectivity index (χ0) is 25.2. The SMILES string of the molecule is C=C(C)C(O)Cc1c(O)c(C/C=C(\C)CCC=C(C)C)c2oc3ccc(O)cc3c(=O)c2c1O. The fourth-order valence-electron chi connectivity index (χ4n) is 3.88. The minimum atomic E-state index is -1.01. The highest BCUT2D eigenvalue weighted by atomic mass is 16.3. The van der Waals surface area contributed by atoms with E-state index >= 15 is 0 Å². The van der Waals surface area contributed by atoms with Crippen molar-refractivity contribution in [3.8, 4) is 17.2 Å². The van der Waals surface area contributed by atoms with Gasteiger partial charge in [0.25, 0.3) is 0 Å². The number of benzene rings is 2. The van der Waals surface area contributed by atoms with Gasteiger partial charge in [-0.1, -0.05) is 35.5 Å². The van der Waals surface area contributed by atoms with Crippen molar-refractivity contribution < 1.29 is 24.8 Å². The summed E-state index contributed by atoms with van der Waals surface area (Å²) in [5, 5.41) is 42.3. The maximum atomic E-state index is 13.3. The minimum Gasteiger partial charge on any atom is -0.508 e. The van der Waals surface area contributed by atoms with Crippen LogP contribution in [0.2, 0.25) is 0 Å². The summed E-state index contributed by atoms with van der Waals surface area (Å²) in [6.07, 6.45) is 5.00. The quantitative estimate of drug-likeness (QED) is 0.248. The summed E-state index contributed by atoms with van der Waals surface area (Å²) in [5.41, 5.74) is 3.01. The Balaban J connectivity index is 2.24. The molecule has 0 bridgehead atoms. The Morgan fingerprint density at radius 3 is 2.41 bits per heavy atom. The number of hydrogen-bond acceptors (Lipinski definition) is 6. The van der Waals surface area contributed by atoms with Gasteiger partial charge in [-0.2, -0.15) is 0 Å². The maximum Gasteiger partial charge on any atom is 0.204 e. The van der Waals surface area contributed by atoms with Gasteiger partial charge < -0.3 is 24.8 Å². The van der Waals surface area contributed by atoms with E-state index < -0.39 is 17.3 Å². The molecule has 34 heavy (non-hydrogen) atoms. The minimum absolute atomic E-state index is 0.0559. The molecule has 180 valence electrons. The van der Waals surface area contributed by atoms with Crippen LogP contribution in [-0.4, -0.2) is 26.5 Å². The lowest BCUT2D eigenvalue weighted by atomic mass is 9.94. The van der Waals surface area contributed by atoms with E-state index in [2.05, 4.69) is 12.7 Å². The fourth-order valence-corrected chi connectivity index (χ4v) is 3.88. The molecule has 2 aromatic carbocycles. The van der Waals surface area contributed by atoms with Gasteiger partial charge in [0.15, 0.2) is 0 Å². The Bertz CT molecular complexity index is 1370. The molecule has 0 aliphatic carbocycles. The lowest BCUT2D eigenvalue weighted by Crippen LogP contribution is -2.13. The van der Waals surface area contributed by atoms with Crippen LogP contribution in [0.25, 0.3) is 21.9 Å². The van der Waals surface area contributed by atoms with Crippen LogP contribution in [0.5, 0.6) is 17.2 Å². The summed E-state index contributed by atoms with van der Waals surface area (Å²) in [7, 11) is 0. The summed E-state index contributed by atoms with van der Waals surface area (Å²) in [6.45, 7) is 11.5. The molecule has 0 saturated carbocycles. The summed E-state index contributed by atoms with van der Waals surface area (Å²) >= 11 is 0. The number of phenolic OH excluding ortho intramolecular Hbond substituents is 3. The molecule has 0 aliphatic heterocycles. The van der Waals surface area contributed by atoms with Gasteiger partial charge >= 0.3 is 0 Å². The van der Waals surface area contributed by atoms with Crippen molar-refractivity contribution in [2.24, 2.45) is 0 Å². The Morgan fingerprint density at radius 1 is 1.06 bits per heavy atom. The molecule has 1 heterocycles. The van der Waals surface area contributed by atoms with Crippen LogP contribution >= 0.6 is 0 Å². The van der Waals surface area contributed by atoms with Gasteiger partial charge in [-0.15, -0.1) is 0 Å². The van der Waals surface area contributed by atoms with Gasteiger partial charge in [-0.3, -0.25) is 4.79 Å². The number of aliphatic hydroxyl groups is 1. The number of fused-ring (bicyclic) bond motifs is 2. The highest BCUT2D eigenvalue weighted by molar-refractivity contribution is 5.97. The van der Waals surface area contributed by atoms with E-state index in [1.165, 1.54) is 23.8 Å². The molecule has 1 aromatic heterocycles. The van der Waals surface area contributed by atoms with E-state index in [-0.39, 0.29) is 51.8 Å². The van der Waals surface area contributed by atoms with Gasteiger partial charge in [0, 0.05) is 17.5 Å². The molecule has 0 radical (unpaired) electrons. The maximum absolute atomic E-state index is 13.3. The van der Waals surface area contributed by atoms with E-state index in [1.807, 2.05) is 26.8 Å². The van der Waals surface area contributed by atoms with Crippen LogP contribution in [0.15, 0.2) is 62.9 Å². The molecule has 1 atom stereocenters.